The van der Waals surface area contributed by atoms with Gasteiger partial charge in [-0.2, -0.15) is 5.10 Å². The van der Waals surface area contributed by atoms with Crippen LogP contribution >= 0.6 is 12.2 Å². The second kappa shape index (κ2) is 5.18. The predicted octanol–water partition coefficient (Wildman–Crippen LogP) is 2.46. The van der Waals surface area contributed by atoms with Gasteiger partial charge in [0.2, 0.25) is 0 Å². The van der Waals surface area contributed by atoms with E-state index in [1.54, 1.807) is 0 Å². The molecule has 0 aromatic carbocycles. The van der Waals surface area contributed by atoms with Crippen LogP contribution in [-0.2, 0) is 13.3 Å². The molecule has 1 spiro atoms. The van der Waals surface area contributed by atoms with E-state index in [1.807, 2.05) is 4.68 Å². The fourth-order valence-electron chi connectivity index (χ4n) is 4.24. The van der Waals surface area contributed by atoms with Gasteiger partial charge in [0.15, 0.2) is 10.6 Å². The number of hydrogen-bond acceptors (Lipinski definition) is 4. The number of likely N-dealkylation sites (tertiary alicyclic amines) is 1. The monoisotopic (exact) mass is 308 g/mol. The van der Waals surface area contributed by atoms with Crippen molar-refractivity contribution in [2.75, 3.05) is 13.1 Å². The van der Waals surface area contributed by atoms with E-state index in [0.29, 0.717) is 11.5 Å². The third-order valence-electron chi connectivity index (χ3n) is 5.51. The Balaban J connectivity index is 1.51. The molecule has 0 bridgehead atoms. The van der Waals surface area contributed by atoms with Gasteiger partial charge in [-0.25, -0.2) is 4.68 Å². The van der Waals surface area contributed by atoms with Crippen LogP contribution < -0.4 is 0 Å². The van der Waals surface area contributed by atoms with E-state index in [1.165, 1.54) is 51.5 Å². The van der Waals surface area contributed by atoms with Crippen LogP contribution in [0.25, 0.3) is 0 Å². The van der Waals surface area contributed by atoms with Crippen molar-refractivity contribution < 1.29 is 5.11 Å². The molecule has 1 saturated heterocycles. The fraction of sp³-hybridized carbons (Fsp3) is 0.867. The minimum atomic E-state index is -0.0168. The van der Waals surface area contributed by atoms with Gasteiger partial charge >= 0.3 is 0 Å². The molecule has 3 fully saturated rings. The van der Waals surface area contributed by atoms with Crippen LogP contribution in [0.5, 0.6) is 0 Å². The Kier molecular flexibility index (Phi) is 3.43. The smallest absolute Gasteiger partial charge is 0.199 e. The maximum Gasteiger partial charge on any atom is 0.199 e. The zero-order valence-electron chi connectivity index (χ0n) is 12.5. The van der Waals surface area contributed by atoms with Crippen LogP contribution in [0.15, 0.2) is 0 Å². The molecule has 2 heterocycles. The lowest BCUT2D eigenvalue weighted by atomic mass is 9.86. The Morgan fingerprint density at radius 1 is 1.24 bits per heavy atom. The highest BCUT2D eigenvalue weighted by Gasteiger charge is 2.40. The number of aliphatic hydroxyl groups is 1. The summed E-state index contributed by atoms with van der Waals surface area (Å²) < 4.78 is 4.78. The van der Waals surface area contributed by atoms with Crippen molar-refractivity contribution in [2.45, 2.75) is 64.3 Å². The van der Waals surface area contributed by atoms with E-state index < -0.39 is 0 Å². The number of rotatable bonds is 4. The third-order valence-corrected chi connectivity index (χ3v) is 5.92. The molecule has 0 amide bonds. The summed E-state index contributed by atoms with van der Waals surface area (Å²) in [5.74, 6) is 0.734. The van der Waals surface area contributed by atoms with E-state index in [-0.39, 0.29) is 6.61 Å². The van der Waals surface area contributed by atoms with Gasteiger partial charge in [0.25, 0.3) is 0 Å². The first-order valence-corrected chi connectivity index (χ1v) is 8.63. The first-order chi connectivity index (χ1) is 10.2. The molecular weight excluding hydrogens is 284 g/mol. The molecule has 1 aromatic heterocycles. The second-order valence-corrected chi connectivity index (χ2v) is 7.47. The summed E-state index contributed by atoms with van der Waals surface area (Å²) >= 11 is 5.58. The summed E-state index contributed by atoms with van der Waals surface area (Å²) in [4.78, 5) is 2.49. The summed E-state index contributed by atoms with van der Waals surface area (Å²) in [7, 11) is 0. The molecule has 1 aromatic rings. The molecule has 1 N–H and O–H groups in total. The summed E-state index contributed by atoms with van der Waals surface area (Å²) in [6, 6.07) is 0.480. The van der Waals surface area contributed by atoms with Gasteiger partial charge in [-0.1, -0.05) is 12.8 Å². The van der Waals surface area contributed by atoms with Crippen molar-refractivity contribution in [2.24, 2.45) is 5.41 Å². The van der Waals surface area contributed by atoms with E-state index in [2.05, 4.69) is 14.6 Å². The molecule has 6 heteroatoms. The summed E-state index contributed by atoms with van der Waals surface area (Å²) in [6.07, 6.45) is 9.26. The zero-order chi connectivity index (χ0) is 14.4. The quantitative estimate of drug-likeness (QED) is 0.868. The Hall–Kier alpha value is -0.720. The van der Waals surface area contributed by atoms with Crippen molar-refractivity contribution in [1.29, 1.82) is 0 Å². The normalized spacial score (nSPS) is 25.2. The van der Waals surface area contributed by atoms with Crippen molar-refractivity contribution in [3.63, 3.8) is 0 Å². The van der Waals surface area contributed by atoms with Crippen LogP contribution in [0.3, 0.4) is 0 Å². The standard InChI is InChI=1S/C15H24N4OS/c20-9-13-16-18(14(21)19(13)12-3-4-12)11-17-8-7-15(10-17)5-1-2-6-15/h12,20H,1-11H2. The van der Waals surface area contributed by atoms with E-state index in [0.717, 1.165) is 23.8 Å². The average molecular weight is 308 g/mol. The SMILES string of the molecule is OCc1nn(CN2CCC3(CCCC3)C2)c(=S)n1C1CC1. The summed E-state index contributed by atoms with van der Waals surface area (Å²) in [5, 5.41) is 14.1. The Bertz CT molecular complexity index is 583. The highest BCUT2D eigenvalue weighted by molar-refractivity contribution is 7.71. The molecule has 3 aliphatic rings. The van der Waals surface area contributed by atoms with Crippen LogP contribution in [0.1, 0.15) is 56.8 Å². The summed E-state index contributed by atoms with van der Waals surface area (Å²) in [6.45, 7) is 3.12. The minimum Gasteiger partial charge on any atom is -0.388 e. The average Bonchev–Trinajstić information content (AvgIpc) is 2.95. The second-order valence-electron chi connectivity index (χ2n) is 7.11. The molecule has 0 atom stereocenters. The Morgan fingerprint density at radius 2 is 2.00 bits per heavy atom. The van der Waals surface area contributed by atoms with Crippen LogP contribution in [0.2, 0.25) is 0 Å². The summed E-state index contributed by atoms with van der Waals surface area (Å²) in [5.41, 5.74) is 0.584. The molecule has 0 unspecified atom stereocenters. The van der Waals surface area contributed by atoms with Gasteiger partial charge in [-0.3, -0.25) is 9.47 Å². The van der Waals surface area contributed by atoms with Crippen LogP contribution in [-0.4, -0.2) is 37.4 Å². The molecule has 2 aliphatic carbocycles. The van der Waals surface area contributed by atoms with Crippen LogP contribution in [0, 0.1) is 10.2 Å². The molecule has 5 nitrogen and oxygen atoms in total. The number of aliphatic hydroxyl groups excluding tert-OH is 1. The number of hydrogen-bond donors (Lipinski definition) is 1. The Morgan fingerprint density at radius 3 is 2.67 bits per heavy atom. The molecule has 0 radical (unpaired) electrons. The van der Waals surface area contributed by atoms with Gasteiger partial charge in [0.05, 0.1) is 6.67 Å². The lowest BCUT2D eigenvalue weighted by Crippen LogP contribution is -2.28. The van der Waals surface area contributed by atoms with E-state index in [4.69, 9.17) is 12.2 Å². The van der Waals surface area contributed by atoms with E-state index in [9.17, 15) is 5.11 Å². The zero-order valence-corrected chi connectivity index (χ0v) is 13.3. The minimum absolute atomic E-state index is 0.0168. The van der Waals surface area contributed by atoms with Gasteiger partial charge < -0.3 is 5.11 Å². The van der Waals surface area contributed by atoms with E-state index >= 15 is 0 Å². The Labute approximate surface area is 130 Å². The molecule has 1 aliphatic heterocycles. The molecule has 116 valence electrons. The van der Waals surface area contributed by atoms with Gasteiger partial charge in [-0.15, -0.1) is 0 Å². The fourth-order valence-corrected chi connectivity index (χ4v) is 4.59. The topological polar surface area (TPSA) is 46.2 Å². The third kappa shape index (κ3) is 2.47. The molecular formula is C15H24N4OS. The van der Waals surface area contributed by atoms with Crippen molar-refractivity contribution in [1.82, 2.24) is 19.2 Å². The van der Waals surface area contributed by atoms with Gasteiger partial charge in [0, 0.05) is 19.1 Å². The number of aromatic nitrogens is 3. The van der Waals surface area contributed by atoms with Crippen molar-refractivity contribution in [3.8, 4) is 0 Å². The van der Waals surface area contributed by atoms with Gasteiger partial charge in [0.1, 0.15) is 6.61 Å². The first kappa shape index (κ1) is 13.9. The lowest BCUT2D eigenvalue weighted by molar-refractivity contribution is 0.209. The number of nitrogens with zero attached hydrogens (tertiary/aromatic N) is 4. The molecule has 4 rings (SSSR count). The first-order valence-electron chi connectivity index (χ1n) is 8.22. The molecule has 21 heavy (non-hydrogen) atoms. The highest BCUT2D eigenvalue weighted by atomic mass is 32.1. The van der Waals surface area contributed by atoms with Crippen molar-refractivity contribution in [3.05, 3.63) is 10.6 Å². The lowest BCUT2D eigenvalue weighted by Gasteiger charge is -2.23. The highest BCUT2D eigenvalue weighted by Crippen LogP contribution is 2.45. The van der Waals surface area contributed by atoms with Crippen molar-refractivity contribution >= 4 is 12.2 Å². The van der Waals surface area contributed by atoms with Gasteiger partial charge in [-0.05, 0) is 49.7 Å². The van der Waals surface area contributed by atoms with Crippen LogP contribution in [0.4, 0.5) is 0 Å². The molecule has 2 saturated carbocycles. The predicted molar refractivity (Wildman–Crippen MR) is 82.3 cm³/mol. The maximum atomic E-state index is 9.50. The largest absolute Gasteiger partial charge is 0.388 e. The maximum absolute atomic E-state index is 9.50.